The minimum absolute atomic E-state index is 0.193. The summed E-state index contributed by atoms with van der Waals surface area (Å²) in [7, 11) is 0. The highest BCUT2D eigenvalue weighted by atomic mass is 16.3. The van der Waals surface area contributed by atoms with E-state index in [2.05, 4.69) is 25.2 Å². The average molecular weight is 402 g/mol. The van der Waals surface area contributed by atoms with Crippen LogP contribution in [0.2, 0.25) is 0 Å². The van der Waals surface area contributed by atoms with Crippen LogP contribution in [0.4, 0.5) is 17.5 Å². The summed E-state index contributed by atoms with van der Waals surface area (Å²) in [6.07, 6.45) is 2.70. The van der Waals surface area contributed by atoms with Crippen LogP contribution in [0.15, 0.2) is 60.9 Å². The zero-order chi connectivity index (χ0) is 20.6. The summed E-state index contributed by atoms with van der Waals surface area (Å²) in [5.41, 5.74) is 2.16. The quantitative estimate of drug-likeness (QED) is 0.415. The maximum Gasteiger partial charge on any atom is 0.229 e. The van der Waals surface area contributed by atoms with Gasteiger partial charge < -0.3 is 25.4 Å². The molecule has 0 radical (unpaired) electrons. The van der Waals surface area contributed by atoms with Crippen LogP contribution in [0.5, 0.6) is 5.75 Å². The van der Waals surface area contributed by atoms with Gasteiger partial charge in [0.2, 0.25) is 5.95 Å². The first kappa shape index (κ1) is 18.4. The lowest BCUT2D eigenvalue weighted by Crippen LogP contribution is -2.43. The van der Waals surface area contributed by atoms with Crippen molar-refractivity contribution in [1.82, 2.24) is 19.9 Å². The number of nitrogens with zero attached hydrogens (tertiary/aromatic N) is 4. The van der Waals surface area contributed by atoms with Gasteiger partial charge in [-0.1, -0.05) is 30.3 Å². The van der Waals surface area contributed by atoms with Gasteiger partial charge in [-0.05, 0) is 42.7 Å². The van der Waals surface area contributed by atoms with Crippen LogP contribution in [-0.4, -0.2) is 43.2 Å². The first-order valence-electron chi connectivity index (χ1n) is 9.91. The van der Waals surface area contributed by atoms with Gasteiger partial charge in [0.05, 0.1) is 11.9 Å². The molecule has 8 heteroatoms. The van der Waals surface area contributed by atoms with Crippen LogP contribution in [0, 0.1) is 0 Å². The molecule has 4 aromatic rings. The summed E-state index contributed by atoms with van der Waals surface area (Å²) in [5.74, 6) is 1.44. The molecule has 8 nitrogen and oxygen atoms in total. The number of anilines is 3. The molecule has 1 fully saturated rings. The number of phenolic OH excluding ortho intramolecular Hbond substituents is 1. The van der Waals surface area contributed by atoms with Gasteiger partial charge in [-0.15, -0.1) is 0 Å². The van der Waals surface area contributed by atoms with Crippen LogP contribution in [0.25, 0.3) is 11.2 Å². The minimum Gasteiger partial charge on any atom is -0.508 e. The number of aromatic amines is 1. The molecule has 0 spiro atoms. The highest BCUT2D eigenvalue weighted by Gasteiger charge is 2.35. The monoisotopic (exact) mass is 402 g/mol. The number of fused-ring (bicyclic) bond motifs is 1. The molecule has 0 amide bonds. The number of hydrogen-bond acceptors (Lipinski definition) is 7. The molecule has 5 rings (SSSR count). The van der Waals surface area contributed by atoms with E-state index in [1.54, 1.807) is 30.6 Å². The lowest BCUT2D eigenvalue weighted by atomic mass is 9.84. The van der Waals surface area contributed by atoms with Crippen molar-refractivity contribution in [3.63, 3.8) is 0 Å². The number of nitrogens with one attached hydrogen (secondary N) is 2. The van der Waals surface area contributed by atoms with Gasteiger partial charge >= 0.3 is 0 Å². The van der Waals surface area contributed by atoms with Gasteiger partial charge in [0.1, 0.15) is 11.3 Å². The Morgan fingerprint density at radius 1 is 0.967 bits per heavy atom. The van der Waals surface area contributed by atoms with E-state index in [-0.39, 0.29) is 5.75 Å². The highest BCUT2D eigenvalue weighted by Crippen LogP contribution is 2.35. The van der Waals surface area contributed by atoms with E-state index in [4.69, 9.17) is 4.98 Å². The van der Waals surface area contributed by atoms with Crippen LogP contribution in [0.1, 0.15) is 18.4 Å². The van der Waals surface area contributed by atoms with Gasteiger partial charge in [-0.2, -0.15) is 9.97 Å². The third kappa shape index (κ3) is 3.42. The highest BCUT2D eigenvalue weighted by molar-refractivity contribution is 5.86. The average Bonchev–Trinajstić information content (AvgIpc) is 3.24. The Balaban J connectivity index is 1.40. The number of aromatic nitrogens is 4. The van der Waals surface area contributed by atoms with Crippen molar-refractivity contribution in [3.8, 4) is 5.75 Å². The van der Waals surface area contributed by atoms with E-state index in [0.717, 1.165) is 16.8 Å². The number of aliphatic hydroxyl groups is 1. The number of rotatable bonds is 4. The Labute approximate surface area is 173 Å². The molecule has 1 aliphatic rings. The van der Waals surface area contributed by atoms with Crippen molar-refractivity contribution >= 4 is 28.6 Å². The first-order chi connectivity index (χ1) is 14.6. The fourth-order valence-corrected chi connectivity index (χ4v) is 3.85. The molecule has 152 valence electrons. The summed E-state index contributed by atoms with van der Waals surface area (Å²) in [4.78, 5) is 18.8. The Morgan fingerprint density at radius 3 is 2.43 bits per heavy atom. The summed E-state index contributed by atoms with van der Waals surface area (Å²) in [5, 5.41) is 24.0. The molecule has 1 saturated heterocycles. The number of phenols is 1. The van der Waals surface area contributed by atoms with E-state index in [0.29, 0.717) is 43.3 Å². The molecule has 2 aromatic carbocycles. The second-order valence-electron chi connectivity index (χ2n) is 7.53. The standard InChI is InChI=1S/C22H22N6O2/c29-17-8-6-15(7-9-17)22(30)10-12-28(13-11-22)21-26-19-18(23-14-24-19)20(27-21)25-16-4-2-1-3-5-16/h1-9,14,29-30H,10-13H2,(H2,23,24,25,26,27). The Bertz CT molecular complexity index is 1150. The molecule has 0 aliphatic carbocycles. The molecule has 0 saturated carbocycles. The van der Waals surface area contributed by atoms with Crippen molar-refractivity contribution in [1.29, 1.82) is 0 Å². The third-order valence-corrected chi connectivity index (χ3v) is 5.59. The summed E-state index contributed by atoms with van der Waals surface area (Å²) >= 11 is 0. The van der Waals surface area contributed by atoms with E-state index in [1.807, 2.05) is 30.3 Å². The van der Waals surface area contributed by atoms with E-state index >= 15 is 0 Å². The predicted molar refractivity (Wildman–Crippen MR) is 115 cm³/mol. The van der Waals surface area contributed by atoms with E-state index in [1.165, 1.54) is 0 Å². The fraction of sp³-hybridized carbons (Fsp3) is 0.227. The van der Waals surface area contributed by atoms with Crippen molar-refractivity contribution < 1.29 is 10.2 Å². The largest absolute Gasteiger partial charge is 0.508 e. The number of imidazole rings is 1. The van der Waals surface area contributed by atoms with Gasteiger partial charge in [-0.3, -0.25) is 0 Å². The number of para-hydroxylation sites is 1. The Kier molecular flexibility index (Phi) is 4.48. The van der Waals surface area contributed by atoms with Crippen LogP contribution in [-0.2, 0) is 5.60 Å². The predicted octanol–water partition coefficient (Wildman–Crippen LogP) is 3.29. The zero-order valence-electron chi connectivity index (χ0n) is 16.3. The first-order valence-corrected chi connectivity index (χ1v) is 9.91. The van der Waals surface area contributed by atoms with Crippen molar-refractivity contribution in [2.24, 2.45) is 0 Å². The van der Waals surface area contributed by atoms with Crippen LogP contribution in [0.3, 0.4) is 0 Å². The van der Waals surface area contributed by atoms with Crippen LogP contribution < -0.4 is 10.2 Å². The third-order valence-electron chi connectivity index (χ3n) is 5.59. The molecule has 30 heavy (non-hydrogen) atoms. The fourth-order valence-electron chi connectivity index (χ4n) is 3.85. The number of piperidine rings is 1. The van der Waals surface area contributed by atoms with Crippen LogP contribution >= 0.6 is 0 Å². The molecule has 1 aliphatic heterocycles. The van der Waals surface area contributed by atoms with Crippen molar-refractivity contribution in [2.45, 2.75) is 18.4 Å². The van der Waals surface area contributed by atoms with Gasteiger partial charge in [0.15, 0.2) is 11.5 Å². The second kappa shape index (κ2) is 7.31. The normalized spacial score (nSPS) is 16.0. The molecule has 2 aromatic heterocycles. The number of H-pyrrole nitrogens is 1. The number of hydrogen-bond donors (Lipinski definition) is 4. The minimum atomic E-state index is -0.925. The lowest BCUT2D eigenvalue weighted by Gasteiger charge is -2.38. The maximum atomic E-state index is 11.1. The molecule has 0 bridgehead atoms. The SMILES string of the molecule is Oc1ccc(C2(O)CCN(c3nc(Nc4ccccc4)c4[nH]cnc4n3)CC2)cc1. The van der Waals surface area contributed by atoms with E-state index in [9.17, 15) is 10.2 Å². The second-order valence-corrected chi connectivity index (χ2v) is 7.53. The van der Waals surface area contributed by atoms with Gasteiger partial charge in [0.25, 0.3) is 0 Å². The molecular formula is C22H22N6O2. The summed E-state index contributed by atoms with van der Waals surface area (Å²) in [6.45, 7) is 1.22. The molecule has 3 heterocycles. The molecule has 0 unspecified atom stereocenters. The Morgan fingerprint density at radius 2 is 1.70 bits per heavy atom. The topological polar surface area (TPSA) is 110 Å². The Hall–Kier alpha value is -3.65. The summed E-state index contributed by atoms with van der Waals surface area (Å²) < 4.78 is 0. The summed E-state index contributed by atoms with van der Waals surface area (Å²) in [6, 6.07) is 16.6. The number of aromatic hydroxyl groups is 1. The smallest absolute Gasteiger partial charge is 0.229 e. The zero-order valence-corrected chi connectivity index (χ0v) is 16.3. The van der Waals surface area contributed by atoms with Gasteiger partial charge in [0, 0.05) is 18.8 Å². The molecule has 0 atom stereocenters. The maximum absolute atomic E-state index is 11.1. The number of benzene rings is 2. The molecular weight excluding hydrogens is 380 g/mol. The lowest BCUT2D eigenvalue weighted by molar-refractivity contribution is 0.0115. The van der Waals surface area contributed by atoms with Crippen molar-refractivity contribution in [2.75, 3.05) is 23.3 Å². The van der Waals surface area contributed by atoms with Crippen molar-refractivity contribution in [3.05, 3.63) is 66.5 Å². The van der Waals surface area contributed by atoms with Gasteiger partial charge in [-0.25, -0.2) is 4.98 Å². The molecule has 4 N–H and O–H groups in total. The van der Waals surface area contributed by atoms with E-state index < -0.39 is 5.60 Å².